The summed E-state index contributed by atoms with van der Waals surface area (Å²) in [6.45, 7) is 8.00. The van der Waals surface area contributed by atoms with Gasteiger partial charge in [-0.25, -0.2) is 4.98 Å². The molecular formula is C19H27N5O. The number of aromatic nitrogens is 2. The number of anilines is 2. The Labute approximate surface area is 149 Å². The molecule has 6 nitrogen and oxygen atoms in total. The van der Waals surface area contributed by atoms with E-state index in [1.165, 1.54) is 12.8 Å². The van der Waals surface area contributed by atoms with Crippen LogP contribution < -0.4 is 10.2 Å². The Morgan fingerprint density at radius 3 is 2.64 bits per heavy atom. The van der Waals surface area contributed by atoms with Crippen LogP contribution in [0, 0.1) is 0 Å². The zero-order valence-corrected chi connectivity index (χ0v) is 14.8. The first kappa shape index (κ1) is 16.5. The van der Waals surface area contributed by atoms with Gasteiger partial charge in [-0.3, -0.25) is 4.90 Å². The van der Waals surface area contributed by atoms with Crippen molar-refractivity contribution < 1.29 is 4.74 Å². The number of morpholine rings is 1. The fourth-order valence-electron chi connectivity index (χ4n) is 3.64. The van der Waals surface area contributed by atoms with Crippen LogP contribution in [0.4, 0.5) is 11.8 Å². The fourth-order valence-corrected chi connectivity index (χ4v) is 3.64. The maximum absolute atomic E-state index is 5.40. The maximum atomic E-state index is 5.40. The van der Waals surface area contributed by atoms with Gasteiger partial charge in [0.2, 0.25) is 5.95 Å². The normalized spacial score (nSPS) is 18.8. The van der Waals surface area contributed by atoms with Crippen LogP contribution in [0.3, 0.4) is 0 Å². The lowest BCUT2D eigenvalue weighted by atomic mass is 10.2. The second-order valence-electron chi connectivity index (χ2n) is 6.82. The molecule has 2 aliphatic heterocycles. The van der Waals surface area contributed by atoms with Gasteiger partial charge in [-0.15, -0.1) is 0 Å². The van der Waals surface area contributed by atoms with Gasteiger partial charge in [0.05, 0.1) is 18.7 Å². The molecule has 2 fully saturated rings. The molecule has 1 N–H and O–H groups in total. The number of nitrogens with one attached hydrogen (secondary N) is 1. The zero-order valence-electron chi connectivity index (χ0n) is 14.8. The SMILES string of the molecule is c1ccc2c(N3CCCC3)nc(NCCCN3CCOCC3)nc2c1. The van der Waals surface area contributed by atoms with Crippen molar-refractivity contribution in [2.45, 2.75) is 19.3 Å². The van der Waals surface area contributed by atoms with Crippen molar-refractivity contribution in [3.63, 3.8) is 0 Å². The molecule has 4 rings (SSSR count). The molecule has 2 aliphatic rings. The van der Waals surface area contributed by atoms with Crippen molar-refractivity contribution in [2.75, 3.05) is 62.7 Å². The Bertz CT molecular complexity index is 695. The number of rotatable bonds is 6. The molecule has 0 spiro atoms. The second-order valence-corrected chi connectivity index (χ2v) is 6.82. The van der Waals surface area contributed by atoms with E-state index in [1.54, 1.807) is 0 Å². The molecule has 0 amide bonds. The zero-order chi connectivity index (χ0) is 16.9. The van der Waals surface area contributed by atoms with Crippen LogP contribution in [-0.4, -0.2) is 67.4 Å². The molecule has 0 atom stereocenters. The van der Waals surface area contributed by atoms with E-state index in [9.17, 15) is 0 Å². The summed E-state index contributed by atoms with van der Waals surface area (Å²) in [5.74, 6) is 1.83. The Morgan fingerprint density at radius 1 is 1.00 bits per heavy atom. The van der Waals surface area contributed by atoms with Crippen LogP contribution in [0.25, 0.3) is 10.9 Å². The average molecular weight is 341 g/mol. The Kier molecular flexibility index (Phi) is 5.28. The molecule has 0 aliphatic carbocycles. The van der Waals surface area contributed by atoms with Crippen molar-refractivity contribution in [3.05, 3.63) is 24.3 Å². The summed E-state index contributed by atoms with van der Waals surface area (Å²) >= 11 is 0. The van der Waals surface area contributed by atoms with E-state index in [1.807, 2.05) is 6.07 Å². The van der Waals surface area contributed by atoms with Gasteiger partial charge in [-0.05, 0) is 37.9 Å². The first-order chi connectivity index (χ1) is 12.4. The number of nitrogens with zero attached hydrogens (tertiary/aromatic N) is 4. The number of para-hydroxylation sites is 1. The summed E-state index contributed by atoms with van der Waals surface area (Å²) in [5.41, 5.74) is 1.02. The highest BCUT2D eigenvalue weighted by Crippen LogP contribution is 2.27. The van der Waals surface area contributed by atoms with Crippen LogP contribution in [0.1, 0.15) is 19.3 Å². The van der Waals surface area contributed by atoms with E-state index in [0.717, 1.165) is 81.6 Å². The first-order valence-electron chi connectivity index (χ1n) is 9.46. The van der Waals surface area contributed by atoms with Gasteiger partial charge in [0.1, 0.15) is 5.82 Å². The van der Waals surface area contributed by atoms with E-state index >= 15 is 0 Å². The first-order valence-corrected chi connectivity index (χ1v) is 9.46. The number of hydrogen-bond acceptors (Lipinski definition) is 6. The Balaban J connectivity index is 1.42. The monoisotopic (exact) mass is 341 g/mol. The highest BCUT2D eigenvalue weighted by molar-refractivity contribution is 5.90. The highest BCUT2D eigenvalue weighted by atomic mass is 16.5. The van der Waals surface area contributed by atoms with Crippen LogP contribution in [0.15, 0.2) is 24.3 Å². The minimum Gasteiger partial charge on any atom is -0.379 e. The van der Waals surface area contributed by atoms with Gasteiger partial charge in [0, 0.05) is 38.1 Å². The summed E-state index contributed by atoms with van der Waals surface area (Å²) in [4.78, 5) is 14.4. The third-order valence-electron chi connectivity index (χ3n) is 5.03. The molecule has 0 saturated carbocycles. The van der Waals surface area contributed by atoms with Gasteiger partial charge in [-0.2, -0.15) is 4.98 Å². The molecule has 1 aromatic carbocycles. The fraction of sp³-hybridized carbons (Fsp3) is 0.579. The Hall–Kier alpha value is -1.92. The molecule has 1 aromatic heterocycles. The number of ether oxygens (including phenoxy) is 1. The summed E-state index contributed by atoms with van der Waals surface area (Å²) < 4.78 is 5.40. The van der Waals surface area contributed by atoms with E-state index in [2.05, 4.69) is 33.3 Å². The molecule has 0 radical (unpaired) electrons. The number of fused-ring (bicyclic) bond motifs is 1. The van der Waals surface area contributed by atoms with Crippen molar-refractivity contribution in [1.29, 1.82) is 0 Å². The molecule has 134 valence electrons. The van der Waals surface area contributed by atoms with Crippen molar-refractivity contribution in [2.24, 2.45) is 0 Å². The largest absolute Gasteiger partial charge is 0.379 e. The van der Waals surface area contributed by atoms with Gasteiger partial charge >= 0.3 is 0 Å². The topological polar surface area (TPSA) is 53.5 Å². The number of benzene rings is 1. The molecule has 2 saturated heterocycles. The van der Waals surface area contributed by atoms with E-state index in [-0.39, 0.29) is 0 Å². The Morgan fingerprint density at radius 2 is 1.80 bits per heavy atom. The maximum Gasteiger partial charge on any atom is 0.225 e. The van der Waals surface area contributed by atoms with Crippen LogP contribution >= 0.6 is 0 Å². The van der Waals surface area contributed by atoms with E-state index in [4.69, 9.17) is 14.7 Å². The minimum absolute atomic E-state index is 0.752. The lowest BCUT2D eigenvalue weighted by Crippen LogP contribution is -2.37. The van der Waals surface area contributed by atoms with Crippen LogP contribution in [0.5, 0.6) is 0 Å². The lowest BCUT2D eigenvalue weighted by Gasteiger charge is -2.26. The molecular weight excluding hydrogens is 314 g/mol. The van der Waals surface area contributed by atoms with Gasteiger partial charge in [0.25, 0.3) is 0 Å². The molecule has 6 heteroatoms. The van der Waals surface area contributed by atoms with Crippen molar-refractivity contribution >= 4 is 22.7 Å². The standard InChI is InChI=1S/C19H27N5O/c1-2-7-17-16(6-1)18(24-10-3-4-11-24)22-19(21-17)20-8-5-9-23-12-14-25-15-13-23/h1-2,6-7H,3-5,8-15H2,(H,20,21,22). The number of hydrogen-bond donors (Lipinski definition) is 1. The smallest absolute Gasteiger partial charge is 0.225 e. The highest BCUT2D eigenvalue weighted by Gasteiger charge is 2.18. The molecule has 3 heterocycles. The lowest BCUT2D eigenvalue weighted by molar-refractivity contribution is 0.0378. The van der Waals surface area contributed by atoms with Crippen molar-refractivity contribution in [1.82, 2.24) is 14.9 Å². The van der Waals surface area contributed by atoms with Gasteiger partial charge < -0.3 is 15.0 Å². The van der Waals surface area contributed by atoms with Gasteiger partial charge in [0.15, 0.2) is 0 Å². The molecule has 25 heavy (non-hydrogen) atoms. The summed E-state index contributed by atoms with van der Waals surface area (Å²) in [6.07, 6.45) is 3.59. The molecule has 0 unspecified atom stereocenters. The van der Waals surface area contributed by atoms with Crippen molar-refractivity contribution in [3.8, 4) is 0 Å². The summed E-state index contributed by atoms with van der Waals surface area (Å²) in [5, 5.41) is 4.59. The predicted molar refractivity (Wildman–Crippen MR) is 101 cm³/mol. The van der Waals surface area contributed by atoms with E-state index in [0.29, 0.717) is 0 Å². The van der Waals surface area contributed by atoms with Crippen LogP contribution in [-0.2, 0) is 4.74 Å². The summed E-state index contributed by atoms with van der Waals surface area (Å²) in [7, 11) is 0. The summed E-state index contributed by atoms with van der Waals surface area (Å²) in [6, 6.07) is 8.33. The van der Waals surface area contributed by atoms with Crippen LogP contribution in [0.2, 0.25) is 0 Å². The third-order valence-corrected chi connectivity index (χ3v) is 5.03. The minimum atomic E-state index is 0.752. The predicted octanol–water partition coefficient (Wildman–Crippen LogP) is 2.36. The molecule has 2 aromatic rings. The van der Waals surface area contributed by atoms with E-state index < -0.39 is 0 Å². The molecule has 0 bridgehead atoms. The average Bonchev–Trinajstić information content (AvgIpc) is 3.20. The third kappa shape index (κ3) is 4.02. The quantitative estimate of drug-likeness (QED) is 0.814. The van der Waals surface area contributed by atoms with Gasteiger partial charge in [-0.1, -0.05) is 12.1 Å². The second kappa shape index (κ2) is 7.97.